The van der Waals surface area contributed by atoms with Crippen LogP contribution in [0.25, 0.3) is 0 Å². The van der Waals surface area contributed by atoms with E-state index in [4.69, 9.17) is 15.2 Å². The first-order chi connectivity index (χ1) is 7.48. The number of rotatable bonds is 4. The SMILES string of the molecule is COC(CN)CC(=O)N1CCOC(C)(C)C1. The van der Waals surface area contributed by atoms with Crippen molar-refractivity contribution in [1.29, 1.82) is 0 Å². The van der Waals surface area contributed by atoms with Crippen LogP contribution in [-0.4, -0.2) is 55.9 Å². The number of morpholine rings is 1. The summed E-state index contributed by atoms with van der Waals surface area (Å²) in [4.78, 5) is 13.8. The third-order valence-electron chi connectivity index (χ3n) is 2.78. The highest BCUT2D eigenvalue weighted by atomic mass is 16.5. The number of methoxy groups -OCH3 is 1. The average molecular weight is 230 g/mol. The molecule has 1 rings (SSSR count). The van der Waals surface area contributed by atoms with Crippen LogP contribution in [0.2, 0.25) is 0 Å². The van der Waals surface area contributed by atoms with E-state index in [2.05, 4.69) is 0 Å². The van der Waals surface area contributed by atoms with E-state index in [1.165, 1.54) is 0 Å². The second-order valence-corrected chi connectivity index (χ2v) is 4.72. The van der Waals surface area contributed by atoms with Crippen molar-refractivity contribution in [1.82, 2.24) is 4.90 Å². The maximum atomic E-state index is 11.9. The van der Waals surface area contributed by atoms with Gasteiger partial charge in [-0.2, -0.15) is 0 Å². The normalized spacial score (nSPS) is 21.9. The smallest absolute Gasteiger partial charge is 0.225 e. The topological polar surface area (TPSA) is 64.8 Å². The Morgan fingerprint density at radius 3 is 2.81 bits per heavy atom. The van der Waals surface area contributed by atoms with Crippen LogP contribution >= 0.6 is 0 Å². The number of carbonyl (C=O) groups is 1. The first-order valence-electron chi connectivity index (χ1n) is 5.63. The van der Waals surface area contributed by atoms with E-state index in [9.17, 15) is 4.79 Å². The zero-order chi connectivity index (χ0) is 12.2. The van der Waals surface area contributed by atoms with Gasteiger partial charge in [-0.1, -0.05) is 0 Å². The zero-order valence-electron chi connectivity index (χ0n) is 10.4. The summed E-state index contributed by atoms with van der Waals surface area (Å²) < 4.78 is 10.7. The Bertz CT molecular complexity index is 239. The summed E-state index contributed by atoms with van der Waals surface area (Å²) in [5.74, 6) is 0.0914. The van der Waals surface area contributed by atoms with Gasteiger partial charge in [-0.25, -0.2) is 0 Å². The molecule has 5 heteroatoms. The van der Waals surface area contributed by atoms with Crippen molar-refractivity contribution in [3.8, 4) is 0 Å². The van der Waals surface area contributed by atoms with Gasteiger partial charge in [-0.15, -0.1) is 0 Å². The van der Waals surface area contributed by atoms with Gasteiger partial charge in [0.1, 0.15) is 0 Å². The van der Waals surface area contributed by atoms with Crippen LogP contribution in [0.4, 0.5) is 0 Å². The van der Waals surface area contributed by atoms with Crippen LogP contribution < -0.4 is 5.73 Å². The molecule has 0 radical (unpaired) electrons. The lowest BCUT2D eigenvalue weighted by molar-refractivity contribution is -0.148. The van der Waals surface area contributed by atoms with E-state index in [1.807, 2.05) is 18.7 Å². The molecule has 0 bridgehead atoms. The third-order valence-corrected chi connectivity index (χ3v) is 2.78. The lowest BCUT2D eigenvalue weighted by Gasteiger charge is -2.38. The molecule has 16 heavy (non-hydrogen) atoms. The minimum absolute atomic E-state index is 0.0914. The zero-order valence-corrected chi connectivity index (χ0v) is 10.4. The molecule has 2 N–H and O–H groups in total. The first-order valence-corrected chi connectivity index (χ1v) is 5.63. The van der Waals surface area contributed by atoms with Crippen LogP contribution in [0.3, 0.4) is 0 Å². The molecular formula is C11H22N2O3. The fourth-order valence-electron chi connectivity index (χ4n) is 1.82. The minimum Gasteiger partial charge on any atom is -0.380 e. The van der Waals surface area contributed by atoms with Gasteiger partial charge >= 0.3 is 0 Å². The fourth-order valence-corrected chi connectivity index (χ4v) is 1.82. The monoisotopic (exact) mass is 230 g/mol. The van der Waals surface area contributed by atoms with E-state index in [1.54, 1.807) is 7.11 Å². The molecule has 1 amide bonds. The second-order valence-electron chi connectivity index (χ2n) is 4.72. The fraction of sp³-hybridized carbons (Fsp3) is 0.909. The Balaban J connectivity index is 2.47. The standard InChI is InChI=1S/C11H22N2O3/c1-11(2)8-13(4-5-16-11)10(14)6-9(7-12)15-3/h9H,4-8,12H2,1-3H3. The average Bonchev–Trinajstić information content (AvgIpc) is 2.24. The Morgan fingerprint density at radius 2 is 2.31 bits per heavy atom. The molecule has 1 aliphatic heterocycles. The van der Waals surface area contributed by atoms with Gasteiger partial charge in [-0.05, 0) is 13.8 Å². The molecule has 0 aromatic carbocycles. The van der Waals surface area contributed by atoms with Crippen LogP contribution in [-0.2, 0) is 14.3 Å². The molecule has 1 atom stereocenters. The highest BCUT2D eigenvalue weighted by Crippen LogP contribution is 2.17. The van der Waals surface area contributed by atoms with E-state index in [-0.39, 0.29) is 17.6 Å². The van der Waals surface area contributed by atoms with E-state index in [0.29, 0.717) is 32.7 Å². The highest BCUT2D eigenvalue weighted by Gasteiger charge is 2.30. The molecule has 94 valence electrons. The van der Waals surface area contributed by atoms with Crippen LogP contribution in [0.1, 0.15) is 20.3 Å². The van der Waals surface area contributed by atoms with Crippen LogP contribution in [0.15, 0.2) is 0 Å². The summed E-state index contributed by atoms with van der Waals surface area (Å²) in [7, 11) is 1.58. The third kappa shape index (κ3) is 3.73. The molecule has 0 aliphatic carbocycles. The molecule has 0 spiro atoms. The van der Waals surface area contributed by atoms with Crippen molar-refractivity contribution in [2.45, 2.75) is 32.0 Å². The molecule has 5 nitrogen and oxygen atoms in total. The Morgan fingerprint density at radius 1 is 1.62 bits per heavy atom. The number of nitrogens with zero attached hydrogens (tertiary/aromatic N) is 1. The summed E-state index contributed by atoms with van der Waals surface area (Å²) in [6.45, 7) is 6.23. The van der Waals surface area contributed by atoms with Crippen LogP contribution in [0, 0.1) is 0 Å². The number of amides is 1. The minimum atomic E-state index is -0.251. The van der Waals surface area contributed by atoms with Crippen molar-refractivity contribution in [2.24, 2.45) is 5.73 Å². The molecule has 1 fully saturated rings. The highest BCUT2D eigenvalue weighted by molar-refractivity contribution is 5.77. The molecule has 0 saturated carbocycles. The molecule has 1 saturated heterocycles. The Kier molecular flexibility index (Phi) is 4.70. The Hall–Kier alpha value is -0.650. The summed E-state index contributed by atoms with van der Waals surface area (Å²) in [5, 5.41) is 0. The second kappa shape index (κ2) is 5.61. The Labute approximate surface area is 96.9 Å². The molecular weight excluding hydrogens is 208 g/mol. The number of hydrogen-bond acceptors (Lipinski definition) is 4. The van der Waals surface area contributed by atoms with E-state index >= 15 is 0 Å². The molecule has 1 heterocycles. The van der Waals surface area contributed by atoms with Gasteiger partial charge < -0.3 is 20.1 Å². The van der Waals surface area contributed by atoms with Gasteiger partial charge in [0.2, 0.25) is 5.91 Å². The summed E-state index contributed by atoms with van der Waals surface area (Å²) in [5.41, 5.74) is 5.24. The molecule has 1 unspecified atom stereocenters. The first kappa shape index (κ1) is 13.4. The summed E-state index contributed by atoms with van der Waals surface area (Å²) in [6, 6.07) is 0. The maximum Gasteiger partial charge on any atom is 0.225 e. The summed E-state index contributed by atoms with van der Waals surface area (Å²) >= 11 is 0. The number of nitrogens with two attached hydrogens (primary N) is 1. The molecule has 0 aromatic rings. The quantitative estimate of drug-likeness (QED) is 0.737. The van der Waals surface area contributed by atoms with Crippen molar-refractivity contribution < 1.29 is 14.3 Å². The van der Waals surface area contributed by atoms with Crippen molar-refractivity contribution in [2.75, 3.05) is 33.4 Å². The van der Waals surface area contributed by atoms with Gasteiger partial charge in [-0.3, -0.25) is 4.79 Å². The van der Waals surface area contributed by atoms with E-state index in [0.717, 1.165) is 0 Å². The number of hydrogen-bond donors (Lipinski definition) is 1. The van der Waals surface area contributed by atoms with Crippen LogP contribution in [0.5, 0.6) is 0 Å². The maximum absolute atomic E-state index is 11.9. The predicted molar refractivity (Wildman–Crippen MR) is 61.1 cm³/mol. The van der Waals surface area contributed by atoms with Gasteiger partial charge in [0.15, 0.2) is 0 Å². The number of ether oxygens (including phenoxy) is 2. The molecule has 1 aliphatic rings. The van der Waals surface area contributed by atoms with Crippen molar-refractivity contribution in [3.05, 3.63) is 0 Å². The predicted octanol–water partition coefficient (Wildman–Crippen LogP) is -0.0124. The van der Waals surface area contributed by atoms with Gasteiger partial charge in [0.05, 0.1) is 24.7 Å². The number of carbonyl (C=O) groups excluding carboxylic acids is 1. The largest absolute Gasteiger partial charge is 0.380 e. The summed E-state index contributed by atoms with van der Waals surface area (Å²) in [6.07, 6.45) is 0.168. The molecule has 0 aromatic heterocycles. The van der Waals surface area contributed by atoms with Crippen molar-refractivity contribution >= 4 is 5.91 Å². The lowest BCUT2D eigenvalue weighted by Crippen LogP contribution is -2.51. The van der Waals surface area contributed by atoms with Crippen molar-refractivity contribution in [3.63, 3.8) is 0 Å². The lowest BCUT2D eigenvalue weighted by atomic mass is 10.1. The van der Waals surface area contributed by atoms with E-state index < -0.39 is 0 Å². The van der Waals surface area contributed by atoms with Gasteiger partial charge in [0, 0.05) is 26.7 Å². The van der Waals surface area contributed by atoms with Gasteiger partial charge in [0.25, 0.3) is 0 Å².